The van der Waals surface area contributed by atoms with E-state index in [2.05, 4.69) is 4.99 Å². The Hall–Kier alpha value is -1.58. The van der Waals surface area contributed by atoms with Gasteiger partial charge in [0.2, 0.25) is 0 Å². The molecule has 0 saturated heterocycles. The molecule has 4 heteroatoms. The number of hydrogen-bond acceptors (Lipinski definition) is 3. The normalized spacial score (nSPS) is 18.4. The molecule has 0 amide bonds. The zero-order chi connectivity index (χ0) is 11.5. The van der Waals surface area contributed by atoms with Gasteiger partial charge in [0, 0.05) is 11.6 Å². The van der Waals surface area contributed by atoms with Crippen LogP contribution in [0.5, 0.6) is 0 Å². The summed E-state index contributed by atoms with van der Waals surface area (Å²) in [5, 5.41) is 1.82. The van der Waals surface area contributed by atoms with Gasteiger partial charge in [0.1, 0.15) is 11.0 Å². The average Bonchev–Trinajstić information content (AvgIpc) is 2.33. The van der Waals surface area contributed by atoms with Crippen molar-refractivity contribution in [1.29, 1.82) is 0 Å². The molecule has 0 unspecified atom stereocenters. The van der Waals surface area contributed by atoms with E-state index in [4.69, 9.17) is 17.4 Å². The van der Waals surface area contributed by atoms with Crippen molar-refractivity contribution in [3.05, 3.63) is 59.0 Å². The molecule has 3 nitrogen and oxygen atoms in total. The number of aliphatic imine (C=N–C) groups is 1. The van der Waals surface area contributed by atoms with Crippen molar-refractivity contribution in [2.75, 3.05) is 0 Å². The molecule has 0 aliphatic carbocycles. The summed E-state index contributed by atoms with van der Waals surface area (Å²) in [5.74, 6) is 6.38. The monoisotopic (exact) mass is 233 g/mol. The molecule has 1 aliphatic rings. The Morgan fingerprint density at radius 3 is 2.62 bits per heavy atom. The zero-order valence-corrected chi connectivity index (χ0v) is 9.65. The number of nitrogens with two attached hydrogens (primary N) is 1. The lowest BCUT2D eigenvalue weighted by molar-refractivity contribution is 0.468. The lowest BCUT2D eigenvalue weighted by Crippen LogP contribution is -2.30. The number of allylic oxidation sites excluding steroid dienone is 2. The summed E-state index contributed by atoms with van der Waals surface area (Å²) in [6.45, 7) is 1.87. The first-order valence-electron chi connectivity index (χ1n) is 4.95. The second kappa shape index (κ2) is 4.51. The van der Waals surface area contributed by atoms with Crippen molar-refractivity contribution in [1.82, 2.24) is 5.01 Å². The molecule has 0 spiro atoms. The fraction of sp³-hybridized carbons (Fsp3) is 0.0833. The number of hydrazine groups is 1. The maximum atomic E-state index is 6.03. The van der Waals surface area contributed by atoms with E-state index in [-0.39, 0.29) is 0 Å². The first-order valence-corrected chi connectivity index (χ1v) is 5.32. The minimum Gasteiger partial charge on any atom is -0.251 e. The van der Waals surface area contributed by atoms with Crippen LogP contribution in [0.25, 0.3) is 0 Å². The van der Waals surface area contributed by atoms with Gasteiger partial charge in [-0.05, 0) is 13.0 Å². The lowest BCUT2D eigenvalue weighted by Gasteiger charge is -2.22. The highest BCUT2D eigenvalue weighted by molar-refractivity contribution is 6.32. The summed E-state index contributed by atoms with van der Waals surface area (Å²) in [6.07, 6.45) is 3.57. The van der Waals surface area contributed by atoms with Crippen LogP contribution < -0.4 is 5.84 Å². The zero-order valence-electron chi connectivity index (χ0n) is 8.89. The van der Waals surface area contributed by atoms with Crippen LogP contribution in [0.3, 0.4) is 0 Å². The van der Waals surface area contributed by atoms with Gasteiger partial charge in [-0.1, -0.05) is 41.9 Å². The van der Waals surface area contributed by atoms with Crippen LogP contribution >= 0.6 is 11.6 Å². The fourth-order valence-electron chi connectivity index (χ4n) is 1.46. The molecular formula is C12H12ClN3. The molecular weight excluding hydrogens is 222 g/mol. The van der Waals surface area contributed by atoms with Gasteiger partial charge in [-0.2, -0.15) is 0 Å². The van der Waals surface area contributed by atoms with Crippen LogP contribution in [0.15, 0.2) is 58.5 Å². The van der Waals surface area contributed by atoms with Gasteiger partial charge in [-0.25, -0.2) is 10.8 Å². The molecule has 0 atom stereocenters. The summed E-state index contributed by atoms with van der Waals surface area (Å²) >= 11 is 6.03. The van der Waals surface area contributed by atoms with Crippen molar-refractivity contribution in [2.45, 2.75) is 6.92 Å². The van der Waals surface area contributed by atoms with Crippen molar-refractivity contribution in [3.63, 3.8) is 0 Å². The third-order valence-electron chi connectivity index (χ3n) is 2.30. The molecule has 0 bridgehead atoms. The van der Waals surface area contributed by atoms with Gasteiger partial charge in [0.05, 0.1) is 5.71 Å². The number of hydrogen-bond donors (Lipinski definition) is 1. The Labute approximate surface area is 99.5 Å². The Morgan fingerprint density at radius 1 is 1.31 bits per heavy atom. The highest BCUT2D eigenvalue weighted by atomic mass is 35.5. The number of nitrogens with zero attached hydrogens (tertiary/aromatic N) is 2. The molecule has 1 aliphatic heterocycles. The van der Waals surface area contributed by atoms with E-state index in [1.165, 1.54) is 5.01 Å². The van der Waals surface area contributed by atoms with Crippen LogP contribution in [0, 0.1) is 0 Å². The van der Waals surface area contributed by atoms with Crippen LogP contribution in [0.1, 0.15) is 12.5 Å². The Morgan fingerprint density at radius 2 is 2.00 bits per heavy atom. The smallest absolute Gasteiger partial charge is 0.144 e. The standard InChI is InChI=1S/C12H12ClN3/c1-2-12-15-10(8-11(13)16(12)14)9-6-4-3-5-7-9/h2-8H,14H2,1H3/b12-2-. The van der Waals surface area contributed by atoms with E-state index < -0.39 is 0 Å². The summed E-state index contributed by atoms with van der Waals surface area (Å²) in [5.41, 5.74) is 1.84. The van der Waals surface area contributed by atoms with Crippen molar-refractivity contribution >= 4 is 17.3 Å². The highest BCUT2D eigenvalue weighted by Gasteiger charge is 2.15. The fourth-order valence-corrected chi connectivity index (χ4v) is 1.65. The van der Waals surface area contributed by atoms with E-state index in [0.29, 0.717) is 11.0 Å². The summed E-state index contributed by atoms with van der Waals surface area (Å²) in [6, 6.07) is 9.86. The highest BCUT2D eigenvalue weighted by Crippen LogP contribution is 2.21. The molecule has 16 heavy (non-hydrogen) atoms. The van der Waals surface area contributed by atoms with E-state index in [9.17, 15) is 0 Å². The first-order chi connectivity index (χ1) is 7.72. The molecule has 1 heterocycles. The molecule has 0 saturated carbocycles. The molecule has 2 rings (SSSR count). The largest absolute Gasteiger partial charge is 0.251 e. The molecule has 0 radical (unpaired) electrons. The predicted molar refractivity (Wildman–Crippen MR) is 66.7 cm³/mol. The third-order valence-corrected chi connectivity index (χ3v) is 2.59. The van der Waals surface area contributed by atoms with E-state index in [1.807, 2.05) is 43.3 Å². The quantitative estimate of drug-likeness (QED) is 0.599. The Bertz CT molecular complexity index is 474. The molecule has 82 valence electrons. The first kappa shape index (κ1) is 10.9. The van der Waals surface area contributed by atoms with E-state index in [1.54, 1.807) is 6.08 Å². The van der Waals surface area contributed by atoms with Gasteiger partial charge in [0.15, 0.2) is 0 Å². The predicted octanol–water partition coefficient (Wildman–Crippen LogP) is 2.61. The SMILES string of the molecule is C/C=C1/N=C(c2ccccc2)C=C(Cl)N1N. The van der Waals surface area contributed by atoms with Crippen LogP contribution in [0.4, 0.5) is 0 Å². The van der Waals surface area contributed by atoms with E-state index >= 15 is 0 Å². The lowest BCUT2D eigenvalue weighted by atomic mass is 10.1. The van der Waals surface area contributed by atoms with Gasteiger partial charge in [-0.15, -0.1) is 0 Å². The number of halogens is 1. The minimum absolute atomic E-state index is 0.460. The minimum atomic E-state index is 0.460. The van der Waals surface area contributed by atoms with Gasteiger partial charge < -0.3 is 0 Å². The second-order valence-corrected chi connectivity index (χ2v) is 3.73. The molecule has 1 aromatic carbocycles. The summed E-state index contributed by atoms with van der Waals surface area (Å²) < 4.78 is 0. The second-order valence-electron chi connectivity index (χ2n) is 3.35. The third kappa shape index (κ3) is 2.01. The average molecular weight is 234 g/mol. The Balaban J connectivity index is 2.44. The van der Waals surface area contributed by atoms with Crippen molar-refractivity contribution in [3.8, 4) is 0 Å². The summed E-state index contributed by atoms with van der Waals surface area (Å²) in [7, 11) is 0. The maximum Gasteiger partial charge on any atom is 0.144 e. The Kier molecular flexibility index (Phi) is 3.08. The van der Waals surface area contributed by atoms with Crippen molar-refractivity contribution < 1.29 is 0 Å². The molecule has 2 N–H and O–H groups in total. The number of rotatable bonds is 1. The van der Waals surface area contributed by atoms with Gasteiger partial charge in [-0.3, -0.25) is 5.01 Å². The van der Waals surface area contributed by atoms with E-state index in [0.717, 1.165) is 11.3 Å². The van der Waals surface area contributed by atoms with Gasteiger partial charge in [0.25, 0.3) is 0 Å². The molecule has 0 aromatic heterocycles. The molecule has 0 fully saturated rings. The van der Waals surface area contributed by atoms with Crippen LogP contribution in [-0.2, 0) is 0 Å². The topological polar surface area (TPSA) is 41.6 Å². The summed E-state index contributed by atoms with van der Waals surface area (Å²) in [4.78, 5) is 4.42. The van der Waals surface area contributed by atoms with Crippen LogP contribution in [-0.4, -0.2) is 10.7 Å². The maximum absolute atomic E-state index is 6.03. The van der Waals surface area contributed by atoms with Crippen LogP contribution in [0.2, 0.25) is 0 Å². The van der Waals surface area contributed by atoms with Crippen molar-refractivity contribution in [2.24, 2.45) is 10.8 Å². The van der Waals surface area contributed by atoms with Gasteiger partial charge >= 0.3 is 0 Å². The number of benzene rings is 1. The molecule has 1 aromatic rings.